The molecule has 0 bridgehead atoms. The molecule has 72 heavy (non-hydrogen) atoms. The van der Waals surface area contributed by atoms with Crippen LogP contribution >= 0.6 is 0 Å². The Bertz CT molecular complexity index is 1980. The molecule has 0 radical (unpaired) electrons. The predicted molar refractivity (Wildman–Crippen MR) is 260 cm³/mol. The van der Waals surface area contributed by atoms with Crippen molar-refractivity contribution in [1.29, 1.82) is 0 Å². The van der Waals surface area contributed by atoms with Crippen molar-refractivity contribution in [3.8, 4) is 0 Å². The third kappa shape index (κ3) is 33.7. The van der Waals surface area contributed by atoms with E-state index in [2.05, 4.69) is 73.1 Å². The van der Waals surface area contributed by atoms with Crippen LogP contribution < -0.4 is 105 Å². The predicted octanol–water partition coefficient (Wildman–Crippen LogP) is -11.7. The minimum absolute atomic E-state index is 0.00153. The molecule has 0 spiro atoms. The lowest BCUT2D eigenvalue weighted by Gasteiger charge is -2.26. The first-order valence-corrected chi connectivity index (χ1v) is 22.2. The maximum absolute atomic E-state index is 14.1. The van der Waals surface area contributed by atoms with E-state index in [9.17, 15) is 52.7 Å². The van der Waals surface area contributed by atoms with Crippen molar-refractivity contribution in [3.63, 3.8) is 0 Å². The second-order valence-corrected chi connectivity index (χ2v) is 15.3. The maximum Gasteiger partial charge on any atom is 0.243 e. The van der Waals surface area contributed by atoms with Gasteiger partial charge in [-0.2, -0.15) is 0 Å². The van der Waals surface area contributed by atoms with Crippen molar-refractivity contribution in [3.05, 3.63) is 0 Å². The van der Waals surface area contributed by atoms with Gasteiger partial charge >= 0.3 is 0 Å². The Morgan fingerprint density at radius 2 is 0.597 bits per heavy atom. The average Bonchev–Trinajstić information content (AvgIpc) is 3.30. The second-order valence-electron chi connectivity index (χ2n) is 15.3. The summed E-state index contributed by atoms with van der Waals surface area (Å²) in [4.78, 5) is 154. The summed E-state index contributed by atoms with van der Waals surface area (Å²) in [5, 5.41) is 23.7. The molecule has 0 aromatic heterocycles. The Morgan fingerprint density at radius 3 is 0.889 bits per heavy atom. The lowest BCUT2D eigenvalue weighted by Crippen LogP contribution is -2.58. The Balaban J connectivity index is 6.30. The monoisotopic (exact) mass is 1030 g/mol. The van der Waals surface area contributed by atoms with Crippen LogP contribution in [-0.2, 0) is 52.7 Å². The molecular formula is C38H71N23O11. The number of aliphatic imine (C=N–C) groups is 4. The van der Waals surface area contributed by atoms with Crippen molar-refractivity contribution in [2.75, 3.05) is 65.4 Å². The van der Waals surface area contributed by atoms with Crippen LogP contribution in [0.2, 0.25) is 0 Å². The van der Waals surface area contributed by atoms with E-state index in [0.717, 1.165) is 0 Å². The van der Waals surface area contributed by atoms with Gasteiger partial charge in [-0.3, -0.25) is 72.7 Å². The zero-order chi connectivity index (χ0) is 54.6. The third-order valence-electron chi connectivity index (χ3n) is 9.05. The summed E-state index contributed by atoms with van der Waals surface area (Å²) in [6.07, 6.45) is 0.168. The smallest absolute Gasteiger partial charge is 0.243 e. The summed E-state index contributed by atoms with van der Waals surface area (Å²) in [5.41, 5.74) is 48.4. The number of hydrogen-bond acceptors (Lipinski definition) is 15. The summed E-state index contributed by atoms with van der Waals surface area (Å²) in [6.45, 7) is -2.04. The van der Waals surface area contributed by atoms with Gasteiger partial charge in [-0.05, 0) is 51.4 Å². The first-order valence-electron chi connectivity index (χ1n) is 22.2. The average molecular weight is 1030 g/mol. The van der Waals surface area contributed by atoms with Crippen LogP contribution in [0.1, 0.15) is 58.3 Å². The molecule has 0 rings (SSSR count). The standard InChI is InChI=1S/C38H71N23O11/c1-20(62)52-19-30(68)58-22(7-3-11-49-36(42)43)32(70)60-24(9-5-13-51-38(46)47)34(72)61-23(8-4-12-50-37(44)45)33(71)59-21(6-2-10-48-35(40)41)31(69)57-18-29(67)56-17-28(66)55-16-27(65)54-15-26(64)53-14-25(39)63/h21-24H,2-19H2,1H3,(H2,39,63)(H,52,62)(H,53,64)(H,54,65)(H,55,66)(H,56,67)(H,57,69)(H,58,68)(H,59,71)(H,60,70)(H,61,72)(H4,40,41,48)(H4,42,43,49)(H4,44,45,50)(H4,46,47,51)/t21-,22-,23-,24-/m0/s1. The molecule has 11 amide bonds. The number of guanidine groups is 4. The number of nitrogens with two attached hydrogens (primary N) is 9. The summed E-state index contributed by atoms with van der Waals surface area (Å²) in [5.74, 6) is -9.68. The molecule has 0 saturated carbocycles. The molecular weight excluding hydrogens is 955 g/mol. The van der Waals surface area contributed by atoms with Gasteiger partial charge in [-0.1, -0.05) is 0 Å². The first kappa shape index (κ1) is 63.2. The van der Waals surface area contributed by atoms with Crippen LogP contribution in [0.25, 0.3) is 0 Å². The second kappa shape index (κ2) is 36.3. The molecule has 0 aliphatic heterocycles. The summed E-state index contributed by atoms with van der Waals surface area (Å²) in [6, 6.07) is -5.47. The maximum atomic E-state index is 14.1. The molecule has 34 nitrogen and oxygen atoms in total. The molecule has 404 valence electrons. The Kier molecular flexibility index (Phi) is 31.9. The lowest BCUT2D eigenvalue weighted by molar-refractivity contribution is -0.135. The fourth-order valence-corrected chi connectivity index (χ4v) is 5.62. The molecule has 0 unspecified atom stereocenters. The molecule has 0 aliphatic carbocycles. The molecule has 28 N–H and O–H groups in total. The molecule has 0 heterocycles. The van der Waals surface area contributed by atoms with Gasteiger partial charge in [0.25, 0.3) is 0 Å². The van der Waals surface area contributed by atoms with E-state index in [1.54, 1.807) is 0 Å². The fourth-order valence-electron chi connectivity index (χ4n) is 5.62. The van der Waals surface area contributed by atoms with Gasteiger partial charge in [0.05, 0.1) is 39.3 Å². The molecule has 0 aromatic rings. The zero-order valence-electron chi connectivity index (χ0n) is 40.0. The van der Waals surface area contributed by atoms with E-state index in [-0.39, 0.29) is 101 Å². The van der Waals surface area contributed by atoms with E-state index in [0.29, 0.717) is 0 Å². The molecule has 4 atom stereocenters. The molecule has 34 heteroatoms. The number of nitrogens with zero attached hydrogens (tertiary/aromatic N) is 4. The highest BCUT2D eigenvalue weighted by molar-refractivity contribution is 5.97. The lowest BCUT2D eigenvalue weighted by atomic mass is 10.0. The Labute approximate surface area is 413 Å². The van der Waals surface area contributed by atoms with E-state index < -0.39 is 128 Å². The molecule has 0 aliphatic rings. The van der Waals surface area contributed by atoms with Gasteiger partial charge < -0.3 is 105 Å². The van der Waals surface area contributed by atoms with Gasteiger partial charge in [0.15, 0.2) is 23.8 Å². The third-order valence-corrected chi connectivity index (χ3v) is 9.05. The summed E-state index contributed by atoms with van der Waals surface area (Å²) in [7, 11) is 0. The van der Waals surface area contributed by atoms with Gasteiger partial charge in [0, 0.05) is 33.1 Å². The van der Waals surface area contributed by atoms with Gasteiger partial charge in [-0.25, -0.2) is 0 Å². The summed E-state index contributed by atoms with van der Waals surface area (Å²) >= 11 is 0. The number of carbonyl (C=O) groups is 11. The molecule has 0 fully saturated rings. The minimum atomic E-state index is -1.42. The van der Waals surface area contributed by atoms with Crippen LogP contribution in [0.4, 0.5) is 0 Å². The highest BCUT2D eigenvalue weighted by atomic mass is 16.2. The van der Waals surface area contributed by atoms with Crippen LogP contribution in [0.15, 0.2) is 20.0 Å². The Morgan fingerprint density at radius 1 is 0.333 bits per heavy atom. The number of amides is 11. The number of carbonyl (C=O) groups excluding carboxylic acids is 11. The van der Waals surface area contributed by atoms with E-state index in [1.165, 1.54) is 6.92 Å². The van der Waals surface area contributed by atoms with Crippen LogP contribution in [0, 0.1) is 0 Å². The van der Waals surface area contributed by atoms with Crippen molar-refractivity contribution >= 4 is 88.8 Å². The topological polar surface area (TPSA) is 592 Å². The Hall–Kier alpha value is -8.75. The number of primary amides is 1. The highest BCUT2D eigenvalue weighted by Gasteiger charge is 2.31. The largest absolute Gasteiger partial charge is 0.370 e. The van der Waals surface area contributed by atoms with Crippen LogP contribution in [-0.4, -0.2) is 178 Å². The van der Waals surface area contributed by atoms with Crippen molar-refractivity contribution < 1.29 is 52.7 Å². The zero-order valence-corrected chi connectivity index (χ0v) is 40.0. The summed E-state index contributed by atoms with van der Waals surface area (Å²) < 4.78 is 0. The first-order chi connectivity index (χ1) is 33.9. The van der Waals surface area contributed by atoms with Crippen molar-refractivity contribution in [1.82, 2.24) is 53.2 Å². The van der Waals surface area contributed by atoms with Crippen LogP contribution in [0.5, 0.6) is 0 Å². The quantitative estimate of drug-likeness (QED) is 0.0157. The van der Waals surface area contributed by atoms with E-state index >= 15 is 0 Å². The van der Waals surface area contributed by atoms with Gasteiger partial charge in [0.1, 0.15) is 24.2 Å². The minimum Gasteiger partial charge on any atom is -0.370 e. The number of rotatable bonds is 36. The van der Waals surface area contributed by atoms with Crippen molar-refractivity contribution in [2.45, 2.75) is 82.5 Å². The fraction of sp³-hybridized carbons (Fsp3) is 0.605. The van der Waals surface area contributed by atoms with E-state index in [4.69, 9.17) is 51.6 Å². The highest BCUT2D eigenvalue weighted by Crippen LogP contribution is 2.08. The van der Waals surface area contributed by atoms with Crippen LogP contribution in [0.3, 0.4) is 0 Å². The van der Waals surface area contributed by atoms with Gasteiger partial charge in [0.2, 0.25) is 65.0 Å². The van der Waals surface area contributed by atoms with E-state index in [1.807, 2.05) is 0 Å². The molecule has 0 aromatic carbocycles. The number of hydrogen-bond donors (Lipinski definition) is 19. The normalized spacial score (nSPS) is 11.9. The SMILES string of the molecule is CC(=O)NCC(=O)N[C@@H](CCCN=C(N)N)C(=O)N[C@@H](CCCN=C(N)N)C(=O)N[C@@H](CCCN=C(N)N)C(=O)N[C@@H](CCCN=C(N)N)C(=O)NCC(=O)NCC(=O)NCC(=O)NCC(=O)NCC(N)=O. The van der Waals surface area contributed by atoms with Crippen molar-refractivity contribution in [2.24, 2.45) is 71.6 Å². The number of nitrogens with one attached hydrogen (secondary N) is 10. The van der Waals surface area contributed by atoms with Gasteiger partial charge in [-0.15, -0.1) is 0 Å². The molecule has 0 saturated heterocycles.